The van der Waals surface area contributed by atoms with Crippen molar-refractivity contribution < 1.29 is 0 Å². The van der Waals surface area contributed by atoms with E-state index in [9.17, 15) is 0 Å². The number of pyridine rings is 1. The number of allylic oxidation sites excluding steroid dienone is 4. The second-order valence-electron chi connectivity index (χ2n) is 5.66. The van der Waals surface area contributed by atoms with E-state index < -0.39 is 0 Å². The molecule has 1 nitrogen and oxygen atoms in total. The normalized spacial score (nSPS) is 20.7. The van der Waals surface area contributed by atoms with Crippen LogP contribution in [0.5, 0.6) is 0 Å². The van der Waals surface area contributed by atoms with Crippen molar-refractivity contribution in [1.29, 1.82) is 0 Å². The number of aryl methyl sites for hydroxylation is 1. The topological polar surface area (TPSA) is 12.9 Å². The fourth-order valence-corrected chi connectivity index (χ4v) is 3.40. The van der Waals surface area contributed by atoms with Crippen LogP contribution in [0, 0.1) is 6.92 Å². The summed E-state index contributed by atoms with van der Waals surface area (Å²) in [5.41, 5.74) is 3.60. The van der Waals surface area contributed by atoms with Gasteiger partial charge >= 0.3 is 0 Å². The first-order valence-corrected chi connectivity index (χ1v) is 7.57. The Balaban J connectivity index is 2.05. The van der Waals surface area contributed by atoms with Gasteiger partial charge in [-0.05, 0) is 54.7 Å². The fourth-order valence-electron chi connectivity index (χ4n) is 2.98. The first kappa shape index (κ1) is 14.1. The van der Waals surface area contributed by atoms with Gasteiger partial charge in [0.2, 0.25) is 0 Å². The maximum atomic E-state index is 6.55. The van der Waals surface area contributed by atoms with Gasteiger partial charge in [0.1, 0.15) is 0 Å². The number of nitrogens with zero attached hydrogens (tertiary/aromatic N) is 1. The van der Waals surface area contributed by atoms with E-state index in [1.54, 1.807) is 0 Å². The van der Waals surface area contributed by atoms with E-state index in [2.05, 4.69) is 66.5 Å². The highest BCUT2D eigenvalue weighted by Crippen LogP contribution is 2.40. The average molecular weight is 296 g/mol. The van der Waals surface area contributed by atoms with Crippen LogP contribution in [0.1, 0.15) is 23.1 Å². The first-order chi connectivity index (χ1) is 10.2. The maximum absolute atomic E-state index is 6.55. The van der Waals surface area contributed by atoms with Gasteiger partial charge in [0.15, 0.2) is 0 Å². The van der Waals surface area contributed by atoms with Gasteiger partial charge in [-0.25, -0.2) is 0 Å². The standard InChI is InChI=1S/C19H18ClN/c1-15-5-6-17(18(20)13-15)19(9-3-2-4-10-19)14-16-7-11-21-12-8-16/h2-9,11-13H,10,14H2,1H3. The van der Waals surface area contributed by atoms with E-state index in [0.717, 1.165) is 17.9 Å². The minimum absolute atomic E-state index is 0.0686. The van der Waals surface area contributed by atoms with Gasteiger partial charge < -0.3 is 0 Å². The Morgan fingerprint density at radius 1 is 1.14 bits per heavy atom. The smallest absolute Gasteiger partial charge is 0.0449 e. The van der Waals surface area contributed by atoms with Gasteiger partial charge in [-0.3, -0.25) is 4.98 Å². The lowest BCUT2D eigenvalue weighted by Crippen LogP contribution is -2.27. The minimum atomic E-state index is -0.0686. The van der Waals surface area contributed by atoms with Gasteiger partial charge in [0, 0.05) is 22.8 Å². The molecule has 1 heterocycles. The number of aromatic nitrogens is 1. The SMILES string of the molecule is Cc1ccc(C2(Cc3ccncc3)C=CC=CC2)c(Cl)c1. The van der Waals surface area contributed by atoms with Crippen LogP contribution < -0.4 is 0 Å². The van der Waals surface area contributed by atoms with Crippen LogP contribution in [0.15, 0.2) is 67.0 Å². The second kappa shape index (κ2) is 5.87. The van der Waals surface area contributed by atoms with Crippen LogP contribution in [-0.4, -0.2) is 4.98 Å². The van der Waals surface area contributed by atoms with Crippen molar-refractivity contribution >= 4 is 11.6 Å². The molecule has 0 N–H and O–H groups in total. The van der Waals surface area contributed by atoms with E-state index in [1.807, 2.05) is 12.4 Å². The number of halogens is 1. The lowest BCUT2D eigenvalue weighted by atomic mass is 9.71. The molecule has 0 saturated carbocycles. The molecular formula is C19H18ClN. The third kappa shape index (κ3) is 2.93. The third-order valence-electron chi connectivity index (χ3n) is 4.07. The van der Waals surface area contributed by atoms with E-state index >= 15 is 0 Å². The molecule has 0 amide bonds. The molecule has 1 unspecified atom stereocenters. The summed E-state index contributed by atoms with van der Waals surface area (Å²) in [5, 5.41) is 0.851. The molecule has 106 valence electrons. The molecule has 3 rings (SSSR count). The second-order valence-corrected chi connectivity index (χ2v) is 6.07. The summed E-state index contributed by atoms with van der Waals surface area (Å²) >= 11 is 6.55. The molecule has 0 aliphatic heterocycles. The van der Waals surface area contributed by atoms with Gasteiger partial charge in [0.25, 0.3) is 0 Å². The fraction of sp³-hybridized carbons (Fsp3) is 0.211. The van der Waals surface area contributed by atoms with Gasteiger partial charge in [-0.1, -0.05) is 48.0 Å². The summed E-state index contributed by atoms with van der Waals surface area (Å²) in [6.07, 6.45) is 14.3. The van der Waals surface area contributed by atoms with Crippen LogP contribution in [0.4, 0.5) is 0 Å². The van der Waals surface area contributed by atoms with Crippen molar-refractivity contribution in [2.45, 2.75) is 25.2 Å². The van der Waals surface area contributed by atoms with Gasteiger partial charge in [-0.2, -0.15) is 0 Å². The van der Waals surface area contributed by atoms with E-state index in [0.29, 0.717) is 0 Å². The molecule has 0 radical (unpaired) electrons. The maximum Gasteiger partial charge on any atom is 0.0449 e. The van der Waals surface area contributed by atoms with Crippen molar-refractivity contribution in [2.75, 3.05) is 0 Å². The van der Waals surface area contributed by atoms with Crippen LogP contribution in [0.2, 0.25) is 5.02 Å². The van der Waals surface area contributed by atoms with Crippen molar-refractivity contribution in [2.24, 2.45) is 0 Å². The molecule has 2 heteroatoms. The molecule has 21 heavy (non-hydrogen) atoms. The molecule has 1 aromatic heterocycles. The Hall–Kier alpha value is -1.86. The molecule has 0 spiro atoms. The van der Waals surface area contributed by atoms with Crippen LogP contribution in [0.3, 0.4) is 0 Å². The number of benzene rings is 1. The van der Waals surface area contributed by atoms with E-state index in [1.165, 1.54) is 16.7 Å². The summed E-state index contributed by atoms with van der Waals surface area (Å²) < 4.78 is 0. The van der Waals surface area contributed by atoms with Crippen LogP contribution in [-0.2, 0) is 11.8 Å². The van der Waals surface area contributed by atoms with Crippen molar-refractivity contribution in [3.63, 3.8) is 0 Å². The predicted molar refractivity (Wildman–Crippen MR) is 88.7 cm³/mol. The Morgan fingerprint density at radius 2 is 1.95 bits per heavy atom. The largest absolute Gasteiger partial charge is 0.265 e. The van der Waals surface area contributed by atoms with E-state index in [-0.39, 0.29) is 5.41 Å². The summed E-state index contributed by atoms with van der Waals surface area (Å²) in [6, 6.07) is 10.5. The highest BCUT2D eigenvalue weighted by atomic mass is 35.5. The first-order valence-electron chi connectivity index (χ1n) is 7.20. The van der Waals surface area contributed by atoms with Crippen molar-refractivity contribution in [3.05, 3.63) is 88.7 Å². The van der Waals surface area contributed by atoms with Crippen LogP contribution >= 0.6 is 11.6 Å². The number of hydrogen-bond donors (Lipinski definition) is 0. The number of hydrogen-bond acceptors (Lipinski definition) is 1. The third-order valence-corrected chi connectivity index (χ3v) is 4.39. The molecular weight excluding hydrogens is 278 g/mol. The summed E-state index contributed by atoms with van der Waals surface area (Å²) in [6.45, 7) is 2.07. The molecule has 2 aromatic rings. The van der Waals surface area contributed by atoms with Gasteiger partial charge in [0.05, 0.1) is 0 Å². The lowest BCUT2D eigenvalue weighted by Gasteiger charge is -2.33. The Morgan fingerprint density at radius 3 is 2.62 bits per heavy atom. The number of rotatable bonds is 3. The lowest BCUT2D eigenvalue weighted by molar-refractivity contribution is 0.534. The molecule has 1 atom stereocenters. The molecule has 1 aliphatic rings. The van der Waals surface area contributed by atoms with Crippen LogP contribution in [0.25, 0.3) is 0 Å². The van der Waals surface area contributed by atoms with E-state index in [4.69, 9.17) is 11.6 Å². The highest BCUT2D eigenvalue weighted by Gasteiger charge is 2.31. The summed E-state index contributed by atoms with van der Waals surface area (Å²) in [4.78, 5) is 4.11. The minimum Gasteiger partial charge on any atom is -0.265 e. The zero-order chi connectivity index (χ0) is 14.7. The zero-order valence-corrected chi connectivity index (χ0v) is 12.8. The monoisotopic (exact) mass is 295 g/mol. The predicted octanol–water partition coefficient (Wildman–Crippen LogP) is 5.04. The average Bonchev–Trinajstić information content (AvgIpc) is 2.49. The van der Waals surface area contributed by atoms with Gasteiger partial charge in [-0.15, -0.1) is 0 Å². The molecule has 1 aromatic carbocycles. The Kier molecular flexibility index (Phi) is 3.94. The Labute approximate surface area is 131 Å². The summed E-state index contributed by atoms with van der Waals surface area (Å²) in [7, 11) is 0. The summed E-state index contributed by atoms with van der Waals surface area (Å²) in [5.74, 6) is 0. The molecule has 0 saturated heterocycles. The van der Waals surface area contributed by atoms with Crippen molar-refractivity contribution in [3.8, 4) is 0 Å². The zero-order valence-electron chi connectivity index (χ0n) is 12.1. The molecule has 0 bridgehead atoms. The Bertz CT molecular complexity index is 688. The molecule has 0 fully saturated rings. The molecule has 1 aliphatic carbocycles. The quantitative estimate of drug-likeness (QED) is 0.773. The highest BCUT2D eigenvalue weighted by molar-refractivity contribution is 6.31. The van der Waals surface area contributed by atoms with Crippen molar-refractivity contribution in [1.82, 2.24) is 4.98 Å².